The van der Waals surface area contributed by atoms with E-state index < -0.39 is 11.7 Å². The third-order valence-electron chi connectivity index (χ3n) is 1.81. The van der Waals surface area contributed by atoms with Crippen molar-refractivity contribution in [1.82, 2.24) is 0 Å². The fourth-order valence-corrected chi connectivity index (χ4v) is 1.07. The summed E-state index contributed by atoms with van der Waals surface area (Å²) >= 11 is 0. The highest BCUT2D eigenvalue weighted by atomic mass is 16.5. The number of ether oxygens (including phenoxy) is 2. The van der Waals surface area contributed by atoms with Crippen molar-refractivity contribution in [3.05, 3.63) is 36.1 Å². The first-order chi connectivity index (χ1) is 7.54. The van der Waals surface area contributed by atoms with E-state index in [4.69, 9.17) is 14.6 Å². The van der Waals surface area contributed by atoms with Gasteiger partial charge in [-0.05, 0) is 24.3 Å². The molecule has 0 atom stereocenters. The van der Waals surface area contributed by atoms with Crippen LogP contribution in [0.5, 0.6) is 11.5 Å². The van der Waals surface area contributed by atoms with Crippen LogP contribution in [0.2, 0.25) is 0 Å². The van der Waals surface area contributed by atoms with Crippen molar-refractivity contribution in [1.29, 1.82) is 0 Å². The molecule has 5 heteroatoms. The van der Waals surface area contributed by atoms with Crippen LogP contribution in [0.4, 0.5) is 0 Å². The second kappa shape index (κ2) is 5.18. The molecule has 0 saturated heterocycles. The molecule has 0 unspecified atom stereocenters. The Bertz CT molecular complexity index is 411. The third kappa shape index (κ3) is 2.99. The van der Waals surface area contributed by atoms with Gasteiger partial charge in [0.05, 0.1) is 6.61 Å². The standard InChI is InChI=1S/C11H12O5/c1-7(11(13)14)16-10-5-8(6-15-2)3-4-9(10)12/h3-5,12H,1,6H2,2H3,(H,13,14). The van der Waals surface area contributed by atoms with Gasteiger partial charge < -0.3 is 19.7 Å². The number of carboxylic acid groups (broad SMARTS) is 1. The average Bonchev–Trinajstić information content (AvgIpc) is 2.23. The molecular weight excluding hydrogens is 212 g/mol. The van der Waals surface area contributed by atoms with Crippen molar-refractivity contribution in [2.75, 3.05) is 7.11 Å². The van der Waals surface area contributed by atoms with E-state index in [0.29, 0.717) is 6.61 Å². The second-order valence-corrected chi connectivity index (χ2v) is 3.07. The van der Waals surface area contributed by atoms with E-state index in [0.717, 1.165) is 5.56 Å². The van der Waals surface area contributed by atoms with Crippen LogP contribution < -0.4 is 4.74 Å². The number of methoxy groups -OCH3 is 1. The van der Waals surface area contributed by atoms with Crippen molar-refractivity contribution in [2.24, 2.45) is 0 Å². The predicted octanol–water partition coefficient (Wildman–Crippen LogP) is 1.52. The summed E-state index contributed by atoms with van der Waals surface area (Å²) in [7, 11) is 1.53. The minimum Gasteiger partial charge on any atom is -0.504 e. The van der Waals surface area contributed by atoms with Gasteiger partial charge in [0.2, 0.25) is 5.76 Å². The number of aromatic hydroxyl groups is 1. The number of phenols is 1. The molecule has 0 bridgehead atoms. The van der Waals surface area contributed by atoms with Gasteiger partial charge in [-0.15, -0.1) is 0 Å². The molecule has 0 fully saturated rings. The molecule has 0 spiro atoms. The number of hydrogen-bond acceptors (Lipinski definition) is 4. The number of hydrogen-bond donors (Lipinski definition) is 2. The number of carbonyl (C=O) groups is 1. The van der Waals surface area contributed by atoms with Gasteiger partial charge in [0.15, 0.2) is 11.5 Å². The van der Waals surface area contributed by atoms with Crippen LogP contribution in [-0.2, 0) is 16.1 Å². The molecule has 0 aliphatic heterocycles. The summed E-state index contributed by atoms with van der Waals surface area (Å²) in [5, 5.41) is 18.0. The summed E-state index contributed by atoms with van der Waals surface area (Å²) in [4.78, 5) is 10.5. The monoisotopic (exact) mass is 224 g/mol. The topological polar surface area (TPSA) is 76.0 Å². The third-order valence-corrected chi connectivity index (χ3v) is 1.81. The van der Waals surface area contributed by atoms with E-state index in [9.17, 15) is 9.90 Å². The Labute approximate surface area is 92.5 Å². The Balaban J connectivity index is 2.89. The fraction of sp³-hybridized carbons (Fsp3) is 0.182. The molecule has 0 aromatic heterocycles. The van der Waals surface area contributed by atoms with Crippen molar-refractivity contribution in [3.63, 3.8) is 0 Å². The number of benzene rings is 1. The van der Waals surface area contributed by atoms with Crippen LogP contribution in [0.25, 0.3) is 0 Å². The number of carboxylic acids is 1. The zero-order valence-corrected chi connectivity index (χ0v) is 8.77. The number of rotatable bonds is 5. The normalized spacial score (nSPS) is 9.81. The van der Waals surface area contributed by atoms with Crippen LogP contribution in [0.1, 0.15) is 5.56 Å². The Morgan fingerprint density at radius 1 is 1.50 bits per heavy atom. The molecule has 0 saturated carbocycles. The Morgan fingerprint density at radius 2 is 2.19 bits per heavy atom. The zero-order valence-electron chi connectivity index (χ0n) is 8.77. The lowest BCUT2D eigenvalue weighted by atomic mass is 10.2. The van der Waals surface area contributed by atoms with Gasteiger partial charge in [-0.25, -0.2) is 4.79 Å². The zero-order chi connectivity index (χ0) is 12.1. The van der Waals surface area contributed by atoms with Crippen molar-refractivity contribution in [3.8, 4) is 11.5 Å². The van der Waals surface area contributed by atoms with Crippen LogP contribution in [-0.4, -0.2) is 23.3 Å². The molecule has 0 radical (unpaired) electrons. The van der Waals surface area contributed by atoms with E-state index in [2.05, 4.69) is 6.58 Å². The van der Waals surface area contributed by atoms with E-state index >= 15 is 0 Å². The highest BCUT2D eigenvalue weighted by Gasteiger charge is 2.10. The van der Waals surface area contributed by atoms with Gasteiger partial charge in [-0.2, -0.15) is 0 Å². The Kier molecular flexibility index (Phi) is 3.90. The molecule has 1 aromatic rings. The van der Waals surface area contributed by atoms with Gasteiger partial charge in [0.25, 0.3) is 0 Å². The first kappa shape index (κ1) is 12.1. The molecular formula is C11H12O5. The lowest BCUT2D eigenvalue weighted by molar-refractivity contribution is -0.135. The maximum Gasteiger partial charge on any atom is 0.371 e. The van der Waals surface area contributed by atoms with Crippen LogP contribution in [0.15, 0.2) is 30.5 Å². The summed E-state index contributed by atoms with van der Waals surface area (Å²) in [6.07, 6.45) is 0. The highest BCUT2D eigenvalue weighted by molar-refractivity contribution is 5.84. The molecule has 0 amide bonds. The summed E-state index contributed by atoms with van der Waals surface area (Å²) in [5.41, 5.74) is 0.758. The molecule has 5 nitrogen and oxygen atoms in total. The van der Waals surface area contributed by atoms with Gasteiger partial charge in [0.1, 0.15) is 0 Å². The van der Waals surface area contributed by atoms with Crippen molar-refractivity contribution < 1.29 is 24.5 Å². The van der Waals surface area contributed by atoms with Gasteiger partial charge in [-0.1, -0.05) is 6.07 Å². The molecule has 0 aliphatic rings. The van der Waals surface area contributed by atoms with Crippen LogP contribution >= 0.6 is 0 Å². The maximum absolute atomic E-state index is 10.5. The first-order valence-electron chi connectivity index (χ1n) is 4.45. The minimum atomic E-state index is -1.28. The molecule has 0 aliphatic carbocycles. The molecule has 16 heavy (non-hydrogen) atoms. The van der Waals surface area contributed by atoms with Crippen molar-refractivity contribution >= 4 is 5.97 Å². The Hall–Kier alpha value is -2.01. The summed E-state index contributed by atoms with van der Waals surface area (Å²) < 4.78 is 9.79. The van der Waals surface area contributed by atoms with E-state index in [1.807, 2.05) is 0 Å². The van der Waals surface area contributed by atoms with E-state index in [-0.39, 0.29) is 11.5 Å². The smallest absolute Gasteiger partial charge is 0.371 e. The summed E-state index contributed by atoms with van der Waals surface area (Å²) in [6.45, 7) is 3.55. The summed E-state index contributed by atoms with van der Waals surface area (Å²) in [6, 6.07) is 4.54. The molecule has 1 rings (SSSR count). The fourth-order valence-electron chi connectivity index (χ4n) is 1.07. The lowest BCUT2D eigenvalue weighted by Gasteiger charge is -2.08. The number of phenolic OH excluding ortho intramolecular Hbond substituents is 1. The molecule has 0 heterocycles. The van der Waals surface area contributed by atoms with Gasteiger partial charge >= 0.3 is 5.97 Å². The van der Waals surface area contributed by atoms with Crippen LogP contribution in [0, 0.1) is 0 Å². The quantitative estimate of drug-likeness (QED) is 0.585. The first-order valence-corrected chi connectivity index (χ1v) is 4.45. The molecule has 86 valence electrons. The summed E-state index contributed by atoms with van der Waals surface area (Å²) in [5.74, 6) is -1.84. The average molecular weight is 224 g/mol. The van der Waals surface area contributed by atoms with E-state index in [1.165, 1.54) is 19.2 Å². The Morgan fingerprint density at radius 3 is 2.75 bits per heavy atom. The van der Waals surface area contributed by atoms with Gasteiger partial charge in [0, 0.05) is 7.11 Å². The lowest BCUT2D eigenvalue weighted by Crippen LogP contribution is -2.06. The number of aliphatic carboxylic acids is 1. The van der Waals surface area contributed by atoms with Crippen LogP contribution in [0.3, 0.4) is 0 Å². The maximum atomic E-state index is 10.5. The SMILES string of the molecule is C=C(Oc1cc(COC)ccc1O)C(=O)O. The van der Waals surface area contributed by atoms with Crippen molar-refractivity contribution in [2.45, 2.75) is 6.61 Å². The minimum absolute atomic E-state index is 0.0435. The van der Waals surface area contributed by atoms with E-state index in [1.54, 1.807) is 6.07 Å². The second-order valence-electron chi connectivity index (χ2n) is 3.07. The molecule has 2 N–H and O–H groups in total. The highest BCUT2D eigenvalue weighted by Crippen LogP contribution is 2.28. The largest absolute Gasteiger partial charge is 0.504 e. The predicted molar refractivity (Wildman–Crippen MR) is 56.2 cm³/mol. The van der Waals surface area contributed by atoms with Gasteiger partial charge in [-0.3, -0.25) is 0 Å². The molecule has 1 aromatic carbocycles.